The predicted octanol–water partition coefficient (Wildman–Crippen LogP) is 2.94. The number of rotatable bonds is 1. The SMILES string of the molecule is Cc1c(C(=O)N2CC[S@](=O)C[C@@H]2C)sc2ccc(F)cc12. The molecular formula is C15H16FNO2S2. The minimum absolute atomic E-state index is 0.0200. The monoisotopic (exact) mass is 325 g/mol. The van der Waals surface area contributed by atoms with Crippen molar-refractivity contribution in [1.82, 2.24) is 4.90 Å². The first kappa shape index (κ1) is 14.7. The molecule has 1 aliphatic rings. The van der Waals surface area contributed by atoms with Gasteiger partial charge in [-0.05, 0) is 43.0 Å². The fourth-order valence-corrected chi connectivity index (χ4v) is 5.12. The van der Waals surface area contributed by atoms with Gasteiger partial charge >= 0.3 is 0 Å². The van der Waals surface area contributed by atoms with Gasteiger partial charge in [-0.25, -0.2) is 4.39 Å². The van der Waals surface area contributed by atoms with Crippen LogP contribution < -0.4 is 0 Å². The van der Waals surface area contributed by atoms with E-state index in [9.17, 15) is 13.4 Å². The van der Waals surface area contributed by atoms with Crippen molar-refractivity contribution >= 4 is 38.1 Å². The molecule has 1 fully saturated rings. The number of hydrogen-bond acceptors (Lipinski definition) is 3. The summed E-state index contributed by atoms with van der Waals surface area (Å²) in [5.74, 6) is 0.751. The number of halogens is 1. The van der Waals surface area contributed by atoms with Gasteiger partial charge in [-0.15, -0.1) is 11.3 Å². The number of thiophene rings is 1. The molecular weight excluding hydrogens is 309 g/mol. The van der Waals surface area contributed by atoms with Crippen molar-refractivity contribution in [2.45, 2.75) is 19.9 Å². The van der Waals surface area contributed by atoms with Gasteiger partial charge < -0.3 is 4.90 Å². The lowest BCUT2D eigenvalue weighted by Gasteiger charge is -2.32. The third kappa shape index (κ3) is 2.62. The molecule has 21 heavy (non-hydrogen) atoms. The van der Waals surface area contributed by atoms with Crippen LogP contribution in [0.4, 0.5) is 4.39 Å². The van der Waals surface area contributed by atoms with Crippen LogP contribution in [0.2, 0.25) is 0 Å². The number of carbonyl (C=O) groups excluding carboxylic acids is 1. The first-order valence-electron chi connectivity index (χ1n) is 6.82. The Morgan fingerprint density at radius 3 is 2.95 bits per heavy atom. The molecule has 0 aliphatic carbocycles. The van der Waals surface area contributed by atoms with Crippen LogP contribution in [-0.2, 0) is 10.8 Å². The summed E-state index contributed by atoms with van der Waals surface area (Å²) in [5.41, 5.74) is 0.832. The average molecular weight is 325 g/mol. The quantitative estimate of drug-likeness (QED) is 0.808. The molecule has 0 spiro atoms. The number of carbonyl (C=O) groups is 1. The standard InChI is InChI=1S/C15H16FNO2S2/c1-9-8-21(19)6-5-17(9)15(18)14-10(2)12-7-11(16)3-4-13(12)20-14/h3-4,7,9H,5-6,8H2,1-2H3/t9-,21-/m0/s1. The van der Waals surface area contributed by atoms with Crippen LogP contribution in [0.1, 0.15) is 22.2 Å². The second-order valence-electron chi connectivity index (χ2n) is 5.35. The van der Waals surface area contributed by atoms with E-state index >= 15 is 0 Å². The smallest absolute Gasteiger partial charge is 0.264 e. The molecule has 2 atom stereocenters. The molecule has 1 aliphatic heterocycles. The zero-order valence-corrected chi connectivity index (χ0v) is 13.5. The lowest BCUT2D eigenvalue weighted by atomic mass is 10.1. The minimum atomic E-state index is -0.827. The second kappa shape index (κ2) is 5.50. The second-order valence-corrected chi connectivity index (χ2v) is 8.03. The molecule has 2 heterocycles. The summed E-state index contributed by atoms with van der Waals surface area (Å²) in [7, 11) is -0.827. The van der Waals surface area contributed by atoms with E-state index in [1.165, 1.54) is 23.5 Å². The molecule has 1 aromatic heterocycles. The molecule has 0 bridgehead atoms. The molecule has 0 saturated carbocycles. The van der Waals surface area contributed by atoms with Crippen LogP contribution >= 0.6 is 11.3 Å². The summed E-state index contributed by atoms with van der Waals surface area (Å²) < 4.78 is 25.8. The van der Waals surface area contributed by atoms with Crippen LogP contribution in [0.15, 0.2) is 18.2 Å². The Balaban J connectivity index is 1.98. The molecule has 3 rings (SSSR count). The Hall–Kier alpha value is -1.27. The van der Waals surface area contributed by atoms with Gasteiger partial charge in [0.2, 0.25) is 0 Å². The van der Waals surface area contributed by atoms with E-state index in [0.717, 1.165) is 15.6 Å². The van der Waals surface area contributed by atoms with E-state index in [1.54, 1.807) is 11.0 Å². The van der Waals surface area contributed by atoms with Crippen molar-refractivity contribution in [3.05, 3.63) is 34.5 Å². The summed E-state index contributed by atoms with van der Waals surface area (Å²) in [6, 6.07) is 4.59. The highest BCUT2D eigenvalue weighted by atomic mass is 32.2. The van der Waals surface area contributed by atoms with Crippen molar-refractivity contribution in [3.63, 3.8) is 0 Å². The lowest BCUT2D eigenvalue weighted by Crippen LogP contribution is -2.48. The van der Waals surface area contributed by atoms with Crippen LogP contribution in [0.3, 0.4) is 0 Å². The van der Waals surface area contributed by atoms with E-state index in [2.05, 4.69) is 0 Å². The van der Waals surface area contributed by atoms with Crippen molar-refractivity contribution < 1.29 is 13.4 Å². The summed E-state index contributed by atoms with van der Waals surface area (Å²) >= 11 is 1.40. The predicted molar refractivity (Wildman–Crippen MR) is 84.9 cm³/mol. The highest BCUT2D eigenvalue weighted by molar-refractivity contribution is 7.85. The van der Waals surface area contributed by atoms with Gasteiger partial charge in [0.05, 0.1) is 4.88 Å². The maximum Gasteiger partial charge on any atom is 0.264 e. The zero-order chi connectivity index (χ0) is 15.1. The van der Waals surface area contributed by atoms with Crippen LogP contribution in [0, 0.1) is 12.7 Å². The fourth-order valence-electron chi connectivity index (χ4n) is 2.69. The number of aryl methyl sites for hydroxylation is 1. The molecule has 3 nitrogen and oxygen atoms in total. The van der Waals surface area contributed by atoms with Crippen LogP contribution in [0.25, 0.3) is 10.1 Å². The van der Waals surface area contributed by atoms with Crippen LogP contribution in [0.5, 0.6) is 0 Å². The highest BCUT2D eigenvalue weighted by Gasteiger charge is 2.29. The maximum atomic E-state index is 13.4. The van der Waals surface area contributed by atoms with Gasteiger partial charge in [-0.2, -0.15) is 0 Å². The zero-order valence-electron chi connectivity index (χ0n) is 11.9. The Labute approximate surface area is 129 Å². The summed E-state index contributed by atoms with van der Waals surface area (Å²) in [6.07, 6.45) is 0. The Bertz CT molecular complexity index is 741. The van der Waals surface area contributed by atoms with E-state index in [-0.39, 0.29) is 17.8 Å². The topological polar surface area (TPSA) is 37.4 Å². The number of nitrogens with zero attached hydrogens (tertiary/aromatic N) is 1. The van der Waals surface area contributed by atoms with E-state index in [0.29, 0.717) is 22.9 Å². The van der Waals surface area contributed by atoms with E-state index in [1.807, 2.05) is 13.8 Å². The molecule has 1 amide bonds. The Morgan fingerprint density at radius 2 is 2.24 bits per heavy atom. The van der Waals surface area contributed by atoms with E-state index in [4.69, 9.17) is 0 Å². The first-order valence-corrected chi connectivity index (χ1v) is 9.12. The number of benzene rings is 1. The average Bonchev–Trinajstić information content (AvgIpc) is 2.75. The number of amides is 1. The van der Waals surface area contributed by atoms with Crippen molar-refractivity contribution in [2.75, 3.05) is 18.1 Å². The summed E-state index contributed by atoms with van der Waals surface area (Å²) in [5, 5.41) is 0.802. The number of fused-ring (bicyclic) bond motifs is 1. The van der Waals surface area contributed by atoms with Gasteiger partial charge in [0.15, 0.2) is 0 Å². The van der Waals surface area contributed by atoms with Gasteiger partial charge in [0.1, 0.15) is 5.82 Å². The van der Waals surface area contributed by atoms with Gasteiger partial charge in [-0.1, -0.05) is 0 Å². The summed E-state index contributed by atoms with van der Waals surface area (Å²) in [6.45, 7) is 4.31. The number of hydrogen-bond donors (Lipinski definition) is 0. The summed E-state index contributed by atoms with van der Waals surface area (Å²) in [4.78, 5) is 15.2. The Morgan fingerprint density at radius 1 is 1.48 bits per heavy atom. The lowest BCUT2D eigenvalue weighted by molar-refractivity contribution is 0.0718. The third-order valence-corrected chi connectivity index (χ3v) is 6.63. The molecule has 0 radical (unpaired) electrons. The molecule has 0 N–H and O–H groups in total. The molecule has 0 unspecified atom stereocenters. The van der Waals surface area contributed by atoms with Crippen molar-refractivity contribution in [1.29, 1.82) is 0 Å². The normalized spacial score (nSPS) is 22.7. The molecule has 6 heteroatoms. The fraction of sp³-hybridized carbons (Fsp3) is 0.400. The van der Waals surface area contributed by atoms with Gasteiger partial charge in [0, 0.05) is 39.6 Å². The minimum Gasteiger partial charge on any atom is -0.333 e. The first-order chi connectivity index (χ1) is 9.97. The Kier molecular flexibility index (Phi) is 3.84. The van der Waals surface area contributed by atoms with Crippen LogP contribution in [-0.4, -0.2) is 39.1 Å². The van der Waals surface area contributed by atoms with Gasteiger partial charge in [0.25, 0.3) is 5.91 Å². The molecule has 1 aromatic carbocycles. The molecule has 1 saturated heterocycles. The third-order valence-electron chi connectivity index (χ3n) is 3.87. The van der Waals surface area contributed by atoms with E-state index < -0.39 is 10.8 Å². The largest absolute Gasteiger partial charge is 0.333 e. The highest BCUT2D eigenvalue weighted by Crippen LogP contribution is 2.32. The maximum absolute atomic E-state index is 13.4. The van der Waals surface area contributed by atoms with Crippen molar-refractivity contribution in [2.24, 2.45) is 0 Å². The molecule has 2 aromatic rings. The van der Waals surface area contributed by atoms with Gasteiger partial charge in [-0.3, -0.25) is 9.00 Å². The van der Waals surface area contributed by atoms with Crippen molar-refractivity contribution in [3.8, 4) is 0 Å². The molecule has 112 valence electrons.